The van der Waals surface area contributed by atoms with Gasteiger partial charge in [0, 0.05) is 5.54 Å². The second-order valence-electron chi connectivity index (χ2n) is 6.52. The Morgan fingerprint density at radius 1 is 1.21 bits per heavy atom. The Kier molecular flexibility index (Phi) is 2.23. The fourth-order valence-electron chi connectivity index (χ4n) is 3.86. The van der Waals surface area contributed by atoms with Crippen LogP contribution in [0.15, 0.2) is 0 Å². The first-order valence-electron chi connectivity index (χ1n) is 6.08. The van der Waals surface area contributed by atoms with Crippen LogP contribution in [0.2, 0.25) is 0 Å². The molecule has 0 amide bonds. The van der Waals surface area contributed by atoms with Gasteiger partial charge in [0.25, 0.3) is 0 Å². The van der Waals surface area contributed by atoms with E-state index in [0.29, 0.717) is 11.0 Å². The molecule has 3 atom stereocenters. The predicted octanol–water partition coefficient (Wildman–Crippen LogP) is 3.06. The lowest BCUT2D eigenvalue weighted by Crippen LogP contribution is -2.60. The van der Waals surface area contributed by atoms with E-state index in [0.717, 1.165) is 17.8 Å². The molecule has 3 rings (SSSR count). The summed E-state index contributed by atoms with van der Waals surface area (Å²) in [5, 5.41) is 3.50. The van der Waals surface area contributed by atoms with Crippen molar-refractivity contribution >= 4 is 0 Å². The summed E-state index contributed by atoms with van der Waals surface area (Å²) in [6, 6.07) is 0. The van der Waals surface area contributed by atoms with Crippen LogP contribution < -0.4 is 5.32 Å². The van der Waals surface area contributed by atoms with Gasteiger partial charge in [0.2, 0.25) is 0 Å². The van der Waals surface area contributed by atoms with Crippen LogP contribution in [-0.2, 0) is 0 Å². The van der Waals surface area contributed by atoms with Crippen LogP contribution in [-0.4, -0.2) is 12.6 Å². The molecule has 0 aromatic carbocycles. The van der Waals surface area contributed by atoms with Gasteiger partial charge in [0.15, 0.2) is 0 Å². The van der Waals surface area contributed by atoms with Crippen LogP contribution in [0.25, 0.3) is 0 Å². The van der Waals surface area contributed by atoms with Gasteiger partial charge in [-0.15, -0.1) is 0 Å². The highest BCUT2D eigenvalue weighted by atomic mass is 14.9. The molecule has 0 aliphatic heterocycles. The van der Waals surface area contributed by atoms with Crippen molar-refractivity contribution in [2.24, 2.45) is 23.2 Å². The van der Waals surface area contributed by atoms with Crippen molar-refractivity contribution < 1.29 is 0 Å². The highest BCUT2D eigenvalue weighted by Gasteiger charge is 2.56. The van der Waals surface area contributed by atoms with Crippen molar-refractivity contribution in [2.45, 2.75) is 52.5 Å². The second-order valence-corrected chi connectivity index (χ2v) is 6.52. The summed E-state index contributed by atoms with van der Waals surface area (Å²) >= 11 is 0. The van der Waals surface area contributed by atoms with Gasteiger partial charge in [-0.3, -0.25) is 0 Å². The number of fused-ring (bicyclic) bond motifs is 2. The van der Waals surface area contributed by atoms with Gasteiger partial charge in [-0.2, -0.15) is 0 Å². The molecule has 14 heavy (non-hydrogen) atoms. The summed E-state index contributed by atoms with van der Waals surface area (Å²) < 4.78 is 0. The Bertz CT molecular complexity index is 227. The van der Waals surface area contributed by atoms with Gasteiger partial charge >= 0.3 is 0 Å². The van der Waals surface area contributed by atoms with Crippen molar-refractivity contribution in [3.63, 3.8) is 0 Å². The SMILES string of the molecule is CNC(C)(C)C1CCC2CC1C2(C)C. The molecule has 3 aliphatic carbocycles. The van der Waals surface area contributed by atoms with Crippen LogP contribution in [0, 0.1) is 23.2 Å². The normalized spacial score (nSPS) is 40.5. The number of rotatable bonds is 2. The zero-order chi connectivity index (χ0) is 10.6. The lowest BCUT2D eigenvalue weighted by Gasteiger charge is -2.63. The first-order chi connectivity index (χ1) is 6.39. The Morgan fingerprint density at radius 3 is 2.29 bits per heavy atom. The molecule has 1 heteroatoms. The van der Waals surface area contributed by atoms with Crippen LogP contribution in [0.3, 0.4) is 0 Å². The number of hydrogen-bond acceptors (Lipinski definition) is 1. The van der Waals surface area contributed by atoms with Gasteiger partial charge in [-0.25, -0.2) is 0 Å². The Morgan fingerprint density at radius 2 is 1.86 bits per heavy atom. The summed E-state index contributed by atoms with van der Waals surface area (Å²) in [6.07, 6.45) is 4.38. The zero-order valence-electron chi connectivity index (χ0n) is 10.4. The Balaban J connectivity index is 2.15. The third-order valence-electron chi connectivity index (χ3n) is 5.43. The minimum absolute atomic E-state index is 0.327. The molecule has 0 heterocycles. The topological polar surface area (TPSA) is 12.0 Å². The molecule has 1 N–H and O–H groups in total. The molecular formula is C13H25N. The maximum Gasteiger partial charge on any atom is 0.0153 e. The van der Waals surface area contributed by atoms with E-state index in [1.165, 1.54) is 19.3 Å². The minimum atomic E-state index is 0.327. The average Bonchev–Trinajstić information content (AvgIpc) is 2.17. The van der Waals surface area contributed by atoms with Crippen LogP contribution in [0.1, 0.15) is 47.0 Å². The molecule has 3 fully saturated rings. The highest BCUT2D eigenvalue weighted by Crippen LogP contribution is 2.63. The summed E-state index contributed by atoms with van der Waals surface area (Å²) in [5.74, 6) is 2.87. The summed E-state index contributed by atoms with van der Waals surface area (Å²) in [5.41, 5.74) is 0.949. The van der Waals surface area contributed by atoms with Crippen molar-refractivity contribution in [2.75, 3.05) is 7.05 Å². The van der Waals surface area contributed by atoms with Gasteiger partial charge in [-0.1, -0.05) is 13.8 Å². The van der Waals surface area contributed by atoms with Gasteiger partial charge in [0.1, 0.15) is 0 Å². The second kappa shape index (κ2) is 2.98. The number of nitrogens with one attached hydrogen (secondary N) is 1. The van der Waals surface area contributed by atoms with E-state index in [1.54, 1.807) is 0 Å². The fraction of sp³-hybridized carbons (Fsp3) is 1.00. The lowest BCUT2D eigenvalue weighted by atomic mass is 9.43. The maximum absolute atomic E-state index is 3.50. The lowest BCUT2D eigenvalue weighted by molar-refractivity contribution is -0.125. The standard InChI is InChI=1S/C13H25N/c1-12(2)9-6-7-10(11(12)8-9)13(3,4)14-5/h9-11,14H,6-8H2,1-5H3. The monoisotopic (exact) mass is 195 g/mol. The molecule has 3 aliphatic rings. The van der Waals surface area contributed by atoms with E-state index >= 15 is 0 Å². The fourth-order valence-corrected chi connectivity index (χ4v) is 3.86. The van der Waals surface area contributed by atoms with E-state index in [4.69, 9.17) is 0 Å². The third kappa shape index (κ3) is 1.25. The molecule has 0 aromatic heterocycles. The van der Waals surface area contributed by atoms with Crippen LogP contribution >= 0.6 is 0 Å². The third-order valence-corrected chi connectivity index (χ3v) is 5.43. The summed E-state index contributed by atoms with van der Waals surface area (Å²) in [7, 11) is 2.11. The Hall–Kier alpha value is -0.0400. The average molecular weight is 195 g/mol. The first-order valence-corrected chi connectivity index (χ1v) is 6.08. The molecule has 0 radical (unpaired) electrons. The van der Waals surface area contributed by atoms with E-state index in [9.17, 15) is 0 Å². The first kappa shape index (κ1) is 10.5. The summed E-state index contributed by atoms with van der Waals surface area (Å²) in [4.78, 5) is 0. The molecule has 0 aromatic rings. The van der Waals surface area contributed by atoms with Gasteiger partial charge in [-0.05, 0) is 63.3 Å². The highest BCUT2D eigenvalue weighted by molar-refractivity contribution is 5.07. The van der Waals surface area contributed by atoms with Crippen molar-refractivity contribution in [3.8, 4) is 0 Å². The molecule has 0 spiro atoms. The molecular weight excluding hydrogens is 170 g/mol. The Labute approximate surface area is 88.7 Å². The van der Waals surface area contributed by atoms with E-state index in [-0.39, 0.29) is 0 Å². The zero-order valence-corrected chi connectivity index (χ0v) is 10.4. The molecule has 82 valence electrons. The van der Waals surface area contributed by atoms with E-state index < -0.39 is 0 Å². The smallest absolute Gasteiger partial charge is 0.0153 e. The summed E-state index contributed by atoms with van der Waals surface area (Å²) in [6.45, 7) is 9.69. The van der Waals surface area contributed by atoms with Crippen molar-refractivity contribution in [1.29, 1.82) is 0 Å². The van der Waals surface area contributed by atoms with Gasteiger partial charge < -0.3 is 5.32 Å². The molecule has 3 saturated carbocycles. The van der Waals surface area contributed by atoms with Crippen molar-refractivity contribution in [3.05, 3.63) is 0 Å². The van der Waals surface area contributed by atoms with E-state index in [1.807, 2.05) is 0 Å². The van der Waals surface area contributed by atoms with Crippen LogP contribution in [0.4, 0.5) is 0 Å². The molecule has 2 bridgehead atoms. The predicted molar refractivity (Wildman–Crippen MR) is 61.2 cm³/mol. The van der Waals surface area contributed by atoms with Crippen molar-refractivity contribution in [1.82, 2.24) is 5.32 Å². The van der Waals surface area contributed by atoms with Crippen LogP contribution in [0.5, 0.6) is 0 Å². The molecule has 0 saturated heterocycles. The molecule has 3 unspecified atom stereocenters. The minimum Gasteiger partial charge on any atom is -0.315 e. The largest absolute Gasteiger partial charge is 0.315 e. The molecule has 1 nitrogen and oxygen atoms in total. The maximum atomic E-state index is 3.50. The van der Waals surface area contributed by atoms with Gasteiger partial charge in [0.05, 0.1) is 0 Å². The number of hydrogen-bond donors (Lipinski definition) is 1. The van der Waals surface area contributed by atoms with E-state index in [2.05, 4.69) is 40.1 Å². The quantitative estimate of drug-likeness (QED) is 0.714.